The largest absolute Gasteiger partial charge is 0.444 e. The van der Waals surface area contributed by atoms with Crippen LogP contribution in [-0.2, 0) is 11.3 Å². The molecule has 1 unspecified atom stereocenters. The lowest BCUT2D eigenvalue weighted by Crippen LogP contribution is -2.36. The van der Waals surface area contributed by atoms with Gasteiger partial charge in [-0.2, -0.15) is 5.10 Å². The van der Waals surface area contributed by atoms with E-state index in [1.165, 1.54) is 5.57 Å². The zero-order valence-electron chi connectivity index (χ0n) is 20.0. The van der Waals surface area contributed by atoms with Crippen LogP contribution < -0.4 is 15.8 Å². The van der Waals surface area contributed by atoms with Crippen molar-refractivity contribution in [2.75, 3.05) is 29.9 Å². The van der Waals surface area contributed by atoms with Crippen LogP contribution in [0.2, 0.25) is 5.15 Å². The van der Waals surface area contributed by atoms with Gasteiger partial charge in [-0.25, -0.2) is 9.89 Å². The Morgan fingerprint density at radius 3 is 2.77 bits per heavy atom. The third kappa shape index (κ3) is 4.84. The van der Waals surface area contributed by atoms with E-state index in [-0.39, 0.29) is 16.8 Å². The Labute approximate surface area is 208 Å². The molecule has 3 heterocycles. The fourth-order valence-corrected chi connectivity index (χ4v) is 4.82. The lowest BCUT2D eigenvalue weighted by atomic mass is 10.1. The Kier molecular flexibility index (Phi) is 5.92. The molecular weight excluding hydrogens is 466 g/mol. The van der Waals surface area contributed by atoms with E-state index >= 15 is 0 Å². The predicted octanol–water partition coefficient (Wildman–Crippen LogP) is 4.76. The molecule has 5 rings (SSSR count). The molecule has 2 aromatic carbocycles. The van der Waals surface area contributed by atoms with Crippen molar-refractivity contribution in [2.45, 2.75) is 32.9 Å². The van der Waals surface area contributed by atoms with Crippen molar-refractivity contribution in [3.05, 3.63) is 75.3 Å². The maximum absolute atomic E-state index is 12.5. The number of para-hydroxylation sites is 1. The van der Waals surface area contributed by atoms with Crippen LogP contribution in [0, 0.1) is 5.92 Å². The van der Waals surface area contributed by atoms with E-state index < -0.39 is 5.60 Å². The summed E-state index contributed by atoms with van der Waals surface area (Å²) >= 11 is 6.18. The Morgan fingerprint density at radius 2 is 2.00 bits per heavy atom. The number of amides is 1. The Bertz CT molecular complexity index is 1380. The van der Waals surface area contributed by atoms with Gasteiger partial charge in [-0.05, 0) is 56.2 Å². The highest BCUT2D eigenvalue weighted by molar-refractivity contribution is 6.34. The number of H-pyrrole nitrogens is 1. The molecule has 3 aromatic rings. The number of hydrogen-bond acceptors (Lipinski definition) is 6. The average Bonchev–Trinajstić information content (AvgIpc) is 3.39. The minimum absolute atomic E-state index is 0.253. The van der Waals surface area contributed by atoms with Crippen molar-refractivity contribution in [1.29, 1.82) is 0 Å². The number of ether oxygens (including phenoxy) is 1. The summed E-state index contributed by atoms with van der Waals surface area (Å²) < 4.78 is 5.54. The number of likely N-dealkylation sites (tertiary alicyclic amines) is 1. The minimum Gasteiger partial charge on any atom is -0.444 e. The number of fused-ring (bicyclic) bond motifs is 2. The summed E-state index contributed by atoms with van der Waals surface area (Å²) in [6.45, 7) is 8.35. The number of aromatic amines is 1. The molecule has 182 valence electrons. The van der Waals surface area contributed by atoms with Crippen LogP contribution in [0.1, 0.15) is 26.3 Å². The highest BCUT2D eigenvalue weighted by Crippen LogP contribution is 2.35. The van der Waals surface area contributed by atoms with Gasteiger partial charge in [-0.1, -0.05) is 29.8 Å². The van der Waals surface area contributed by atoms with E-state index in [9.17, 15) is 9.59 Å². The molecule has 0 aliphatic carbocycles. The number of nitrogens with one attached hydrogen (secondary N) is 2. The second kappa shape index (κ2) is 8.92. The summed E-state index contributed by atoms with van der Waals surface area (Å²) in [6.07, 6.45) is 1.92. The first-order valence-corrected chi connectivity index (χ1v) is 12.0. The molecule has 2 aliphatic rings. The molecule has 1 aromatic heterocycles. The zero-order valence-corrected chi connectivity index (χ0v) is 20.7. The van der Waals surface area contributed by atoms with Gasteiger partial charge in [0, 0.05) is 55.1 Å². The molecule has 1 amide bonds. The molecular formula is C26H28ClN5O3. The van der Waals surface area contributed by atoms with Crippen molar-refractivity contribution in [1.82, 2.24) is 15.1 Å². The van der Waals surface area contributed by atoms with E-state index in [1.807, 2.05) is 45.0 Å². The number of halogens is 1. The first-order valence-electron chi connectivity index (χ1n) is 11.6. The fourth-order valence-electron chi connectivity index (χ4n) is 4.62. The molecule has 0 saturated carbocycles. The first-order chi connectivity index (χ1) is 16.7. The van der Waals surface area contributed by atoms with Crippen LogP contribution in [0.15, 0.2) is 59.0 Å². The summed E-state index contributed by atoms with van der Waals surface area (Å²) in [5.74, 6) is 0.303. The lowest BCUT2D eigenvalue weighted by molar-refractivity contribution is 0.0291. The average molecular weight is 494 g/mol. The first kappa shape index (κ1) is 23.2. The van der Waals surface area contributed by atoms with Crippen LogP contribution in [-0.4, -0.2) is 46.4 Å². The highest BCUT2D eigenvalue weighted by Gasteiger charge is 2.37. The standard InChI is InChI=1S/C26H28ClN5O3/c1-26(2,3)35-25(34)32-14-17-12-31(13-18(17)15-32)22-7-5-4-6-16(22)11-28-19-8-9-20-21(10-19)23(27)29-30-24(20)33/h4-10,12,18,28H,11,13-15H2,1-3H3,(H,30,33). The fraction of sp³-hybridized carbons (Fsp3) is 0.346. The van der Waals surface area contributed by atoms with Crippen molar-refractivity contribution < 1.29 is 9.53 Å². The normalized spacial score (nSPS) is 17.5. The predicted molar refractivity (Wildman–Crippen MR) is 138 cm³/mol. The van der Waals surface area contributed by atoms with Crippen LogP contribution in [0.3, 0.4) is 0 Å². The van der Waals surface area contributed by atoms with Gasteiger partial charge in [-0.15, -0.1) is 0 Å². The monoisotopic (exact) mass is 493 g/mol. The second-order valence-electron chi connectivity index (χ2n) is 10.0. The molecule has 0 radical (unpaired) electrons. The third-order valence-corrected chi connectivity index (χ3v) is 6.54. The smallest absolute Gasteiger partial charge is 0.410 e. The zero-order chi connectivity index (χ0) is 24.7. The number of carbonyl (C=O) groups excluding carboxylic acids is 1. The molecule has 1 saturated heterocycles. The summed E-state index contributed by atoms with van der Waals surface area (Å²) in [5.41, 5.74) is 3.61. The molecule has 0 bridgehead atoms. The van der Waals surface area contributed by atoms with Gasteiger partial charge in [0.1, 0.15) is 5.60 Å². The van der Waals surface area contributed by atoms with Gasteiger partial charge in [0.25, 0.3) is 5.56 Å². The van der Waals surface area contributed by atoms with Crippen molar-refractivity contribution in [3.8, 4) is 0 Å². The van der Waals surface area contributed by atoms with Gasteiger partial charge in [0.15, 0.2) is 5.15 Å². The number of hydrogen-bond donors (Lipinski definition) is 2. The Hall–Kier alpha value is -3.52. The number of rotatable bonds is 4. The molecule has 9 heteroatoms. The van der Waals surface area contributed by atoms with Gasteiger partial charge < -0.3 is 19.9 Å². The molecule has 1 atom stereocenters. The van der Waals surface area contributed by atoms with Gasteiger partial charge in [0.05, 0.1) is 5.39 Å². The highest BCUT2D eigenvalue weighted by atomic mass is 35.5. The number of aromatic nitrogens is 2. The van der Waals surface area contributed by atoms with Gasteiger partial charge >= 0.3 is 6.09 Å². The molecule has 35 heavy (non-hydrogen) atoms. The maximum atomic E-state index is 12.5. The van der Waals surface area contributed by atoms with Crippen molar-refractivity contribution in [2.24, 2.45) is 5.92 Å². The lowest BCUT2D eigenvalue weighted by Gasteiger charge is -2.26. The minimum atomic E-state index is -0.496. The van der Waals surface area contributed by atoms with Crippen LogP contribution in [0.25, 0.3) is 10.8 Å². The van der Waals surface area contributed by atoms with Crippen LogP contribution >= 0.6 is 11.6 Å². The van der Waals surface area contributed by atoms with Gasteiger partial charge in [0.2, 0.25) is 0 Å². The third-order valence-electron chi connectivity index (χ3n) is 6.26. The van der Waals surface area contributed by atoms with E-state index in [4.69, 9.17) is 16.3 Å². The molecule has 2 aliphatic heterocycles. The Balaban J connectivity index is 1.30. The molecule has 8 nitrogen and oxygen atoms in total. The van der Waals surface area contributed by atoms with E-state index in [1.54, 1.807) is 11.0 Å². The van der Waals surface area contributed by atoms with Crippen molar-refractivity contribution in [3.63, 3.8) is 0 Å². The number of carbonyl (C=O) groups is 1. The van der Waals surface area contributed by atoms with Crippen LogP contribution in [0.4, 0.5) is 16.2 Å². The Morgan fingerprint density at radius 1 is 1.20 bits per heavy atom. The summed E-state index contributed by atoms with van der Waals surface area (Å²) in [5, 5.41) is 11.1. The summed E-state index contributed by atoms with van der Waals surface area (Å²) in [7, 11) is 0. The summed E-state index contributed by atoms with van der Waals surface area (Å²) in [4.78, 5) is 28.5. The molecule has 2 N–H and O–H groups in total. The van der Waals surface area contributed by atoms with E-state index in [2.05, 4.69) is 38.7 Å². The van der Waals surface area contributed by atoms with Crippen LogP contribution in [0.5, 0.6) is 0 Å². The topological polar surface area (TPSA) is 90.6 Å². The summed E-state index contributed by atoms with van der Waals surface area (Å²) in [6, 6.07) is 13.7. The van der Waals surface area contributed by atoms with Gasteiger partial charge in [-0.3, -0.25) is 4.79 Å². The number of nitrogens with zero attached hydrogens (tertiary/aromatic N) is 3. The van der Waals surface area contributed by atoms with E-state index in [0.717, 1.165) is 23.5 Å². The van der Waals surface area contributed by atoms with Crippen molar-refractivity contribution >= 4 is 39.8 Å². The molecule has 0 spiro atoms. The molecule has 1 fully saturated rings. The second-order valence-corrected chi connectivity index (χ2v) is 10.4. The SMILES string of the molecule is CC(C)(C)OC(=O)N1CC2=CN(c3ccccc3CNc3ccc4c(=O)[nH]nc(Cl)c4c3)CC2C1. The maximum Gasteiger partial charge on any atom is 0.410 e. The number of anilines is 2. The number of benzene rings is 2. The van der Waals surface area contributed by atoms with E-state index in [0.29, 0.717) is 36.3 Å². The quantitative estimate of drug-likeness (QED) is 0.544.